The minimum atomic E-state index is -0.0374. The number of nitrogens with zero attached hydrogens (tertiary/aromatic N) is 2. The van der Waals surface area contributed by atoms with Gasteiger partial charge in [0.1, 0.15) is 5.01 Å². The van der Waals surface area contributed by atoms with Gasteiger partial charge < -0.3 is 15.0 Å². The summed E-state index contributed by atoms with van der Waals surface area (Å²) >= 11 is 1.65. The van der Waals surface area contributed by atoms with Crippen molar-refractivity contribution < 1.29 is 9.53 Å². The number of nitrogens with one attached hydrogen (secondary N) is 1. The molecule has 6 heteroatoms. The zero-order valence-electron chi connectivity index (χ0n) is 13.9. The Morgan fingerprint density at radius 2 is 2.25 bits per heavy atom. The molecule has 1 saturated heterocycles. The number of carbonyl (C=O) groups is 1. The van der Waals surface area contributed by atoms with E-state index in [1.165, 1.54) is 10.4 Å². The van der Waals surface area contributed by atoms with E-state index in [-0.39, 0.29) is 12.1 Å². The van der Waals surface area contributed by atoms with E-state index in [4.69, 9.17) is 4.74 Å². The van der Waals surface area contributed by atoms with Crippen LogP contribution in [0.4, 0.5) is 4.79 Å². The molecule has 128 valence electrons. The SMILES string of the molecule is CCc1cnc(CNC(=O)N2CCO[C@@H](Cc3ccccc3)C2)s1. The molecule has 0 bridgehead atoms. The van der Waals surface area contributed by atoms with E-state index in [1.54, 1.807) is 11.3 Å². The highest BCUT2D eigenvalue weighted by Gasteiger charge is 2.24. The van der Waals surface area contributed by atoms with Crippen LogP contribution in [0.1, 0.15) is 22.4 Å². The Labute approximate surface area is 146 Å². The van der Waals surface area contributed by atoms with Gasteiger partial charge in [0.2, 0.25) is 0 Å². The van der Waals surface area contributed by atoms with Crippen LogP contribution in [0, 0.1) is 0 Å². The van der Waals surface area contributed by atoms with Crippen LogP contribution in [-0.4, -0.2) is 41.7 Å². The summed E-state index contributed by atoms with van der Waals surface area (Å²) in [5, 5.41) is 3.92. The maximum atomic E-state index is 12.4. The van der Waals surface area contributed by atoms with Gasteiger partial charge >= 0.3 is 6.03 Å². The molecule has 2 aromatic rings. The first kappa shape index (κ1) is 16.9. The van der Waals surface area contributed by atoms with Crippen molar-refractivity contribution in [2.75, 3.05) is 19.7 Å². The summed E-state index contributed by atoms with van der Waals surface area (Å²) in [6.45, 7) is 4.44. The van der Waals surface area contributed by atoms with Gasteiger partial charge in [-0.25, -0.2) is 9.78 Å². The number of benzene rings is 1. The standard InChI is InChI=1S/C18H23N3O2S/c1-2-16-11-19-17(24-16)12-20-18(22)21-8-9-23-15(13-21)10-14-6-4-3-5-7-14/h3-7,11,15H,2,8-10,12-13H2,1H3,(H,20,22)/t15-/m0/s1. The maximum Gasteiger partial charge on any atom is 0.317 e. The average Bonchev–Trinajstić information content (AvgIpc) is 3.09. The number of carbonyl (C=O) groups excluding carboxylic acids is 1. The summed E-state index contributed by atoms with van der Waals surface area (Å²) < 4.78 is 5.81. The molecule has 1 aromatic heterocycles. The van der Waals surface area contributed by atoms with Crippen molar-refractivity contribution in [3.63, 3.8) is 0 Å². The molecule has 1 N–H and O–H groups in total. The number of aromatic nitrogens is 1. The molecule has 1 aromatic carbocycles. The van der Waals surface area contributed by atoms with Crippen LogP contribution >= 0.6 is 11.3 Å². The summed E-state index contributed by atoms with van der Waals surface area (Å²) in [5.74, 6) is 0. The monoisotopic (exact) mass is 345 g/mol. The van der Waals surface area contributed by atoms with E-state index in [9.17, 15) is 4.79 Å². The minimum Gasteiger partial charge on any atom is -0.374 e. The molecule has 0 unspecified atom stereocenters. The number of amides is 2. The number of morpholine rings is 1. The van der Waals surface area contributed by atoms with E-state index in [2.05, 4.69) is 29.4 Å². The van der Waals surface area contributed by atoms with Crippen LogP contribution in [-0.2, 0) is 24.1 Å². The Morgan fingerprint density at radius 1 is 1.42 bits per heavy atom. The smallest absolute Gasteiger partial charge is 0.317 e. The Kier molecular flexibility index (Phi) is 5.82. The fourth-order valence-electron chi connectivity index (χ4n) is 2.76. The van der Waals surface area contributed by atoms with Crippen LogP contribution in [0.2, 0.25) is 0 Å². The Morgan fingerprint density at radius 3 is 3.00 bits per heavy atom. The lowest BCUT2D eigenvalue weighted by molar-refractivity contribution is -0.0133. The van der Waals surface area contributed by atoms with Crippen LogP contribution in [0.3, 0.4) is 0 Å². The first-order chi connectivity index (χ1) is 11.7. The second kappa shape index (κ2) is 8.26. The number of hydrogen-bond acceptors (Lipinski definition) is 4. The highest BCUT2D eigenvalue weighted by atomic mass is 32.1. The van der Waals surface area contributed by atoms with Crippen molar-refractivity contribution in [2.45, 2.75) is 32.4 Å². The fourth-order valence-corrected chi connectivity index (χ4v) is 3.56. The molecular weight excluding hydrogens is 322 g/mol. The second-order valence-corrected chi connectivity index (χ2v) is 7.06. The molecule has 1 aliphatic heterocycles. The average molecular weight is 345 g/mol. The molecule has 1 aliphatic rings. The van der Waals surface area contributed by atoms with Gasteiger partial charge in [-0.05, 0) is 12.0 Å². The number of aryl methyl sites for hydroxylation is 1. The second-order valence-electron chi connectivity index (χ2n) is 5.86. The van der Waals surface area contributed by atoms with Crippen molar-refractivity contribution in [1.82, 2.24) is 15.2 Å². The molecule has 3 rings (SSSR count). The van der Waals surface area contributed by atoms with Gasteiger partial charge in [-0.15, -0.1) is 11.3 Å². The number of hydrogen-bond donors (Lipinski definition) is 1. The quantitative estimate of drug-likeness (QED) is 0.906. The number of thiazole rings is 1. The lowest BCUT2D eigenvalue weighted by atomic mass is 10.1. The lowest BCUT2D eigenvalue weighted by Gasteiger charge is -2.33. The Balaban J connectivity index is 1.49. The zero-order valence-corrected chi connectivity index (χ0v) is 14.7. The normalized spacial score (nSPS) is 17.7. The predicted molar refractivity (Wildman–Crippen MR) is 95.2 cm³/mol. The van der Waals surface area contributed by atoms with Gasteiger partial charge in [-0.2, -0.15) is 0 Å². The van der Waals surface area contributed by atoms with Crippen molar-refractivity contribution >= 4 is 17.4 Å². The molecule has 0 radical (unpaired) electrons. The number of rotatable bonds is 5. The van der Waals surface area contributed by atoms with Gasteiger partial charge in [0.05, 0.1) is 19.3 Å². The third-order valence-corrected chi connectivity index (χ3v) is 5.21. The molecule has 0 saturated carbocycles. The van der Waals surface area contributed by atoms with Crippen molar-refractivity contribution in [2.24, 2.45) is 0 Å². The van der Waals surface area contributed by atoms with Crippen LogP contribution in [0.25, 0.3) is 0 Å². The van der Waals surface area contributed by atoms with E-state index < -0.39 is 0 Å². The molecule has 1 fully saturated rings. The predicted octanol–water partition coefficient (Wildman–Crippen LogP) is 2.86. The molecule has 0 spiro atoms. The molecule has 5 nitrogen and oxygen atoms in total. The first-order valence-electron chi connectivity index (χ1n) is 8.36. The molecule has 2 amide bonds. The van der Waals surface area contributed by atoms with Gasteiger partial charge in [0, 0.05) is 30.6 Å². The van der Waals surface area contributed by atoms with E-state index in [1.807, 2.05) is 29.3 Å². The van der Waals surface area contributed by atoms with Gasteiger partial charge in [0.25, 0.3) is 0 Å². The molecule has 0 aliphatic carbocycles. The minimum absolute atomic E-state index is 0.0374. The molecule has 1 atom stereocenters. The fraction of sp³-hybridized carbons (Fsp3) is 0.444. The summed E-state index contributed by atoms with van der Waals surface area (Å²) in [7, 11) is 0. The molecule has 2 heterocycles. The van der Waals surface area contributed by atoms with Crippen LogP contribution in [0.15, 0.2) is 36.5 Å². The largest absolute Gasteiger partial charge is 0.374 e. The van der Waals surface area contributed by atoms with Gasteiger partial charge in [-0.3, -0.25) is 0 Å². The van der Waals surface area contributed by atoms with Gasteiger partial charge in [-0.1, -0.05) is 37.3 Å². The number of ether oxygens (including phenoxy) is 1. The highest BCUT2D eigenvalue weighted by Crippen LogP contribution is 2.14. The van der Waals surface area contributed by atoms with E-state index in [0.29, 0.717) is 26.2 Å². The summed E-state index contributed by atoms with van der Waals surface area (Å²) in [6, 6.07) is 10.2. The maximum absolute atomic E-state index is 12.4. The Bertz CT molecular complexity index is 659. The Hall–Kier alpha value is -1.92. The topological polar surface area (TPSA) is 54.5 Å². The zero-order chi connectivity index (χ0) is 16.8. The summed E-state index contributed by atoms with van der Waals surface area (Å²) in [4.78, 5) is 19.8. The van der Waals surface area contributed by atoms with Crippen LogP contribution < -0.4 is 5.32 Å². The third-order valence-electron chi connectivity index (χ3n) is 4.07. The van der Waals surface area contributed by atoms with Crippen LogP contribution in [0.5, 0.6) is 0 Å². The van der Waals surface area contributed by atoms with Crippen molar-refractivity contribution in [1.29, 1.82) is 0 Å². The van der Waals surface area contributed by atoms with Crippen molar-refractivity contribution in [3.8, 4) is 0 Å². The van der Waals surface area contributed by atoms with Gasteiger partial charge in [0.15, 0.2) is 0 Å². The number of urea groups is 1. The first-order valence-corrected chi connectivity index (χ1v) is 9.18. The molecular formula is C18H23N3O2S. The lowest BCUT2D eigenvalue weighted by Crippen LogP contribution is -2.50. The van der Waals surface area contributed by atoms with E-state index in [0.717, 1.165) is 17.8 Å². The molecule has 24 heavy (non-hydrogen) atoms. The van der Waals surface area contributed by atoms with E-state index >= 15 is 0 Å². The summed E-state index contributed by atoms with van der Waals surface area (Å²) in [6.07, 6.45) is 3.75. The highest BCUT2D eigenvalue weighted by molar-refractivity contribution is 7.11. The van der Waals surface area contributed by atoms with Crippen molar-refractivity contribution in [3.05, 3.63) is 52.0 Å². The third kappa shape index (κ3) is 4.55. The summed E-state index contributed by atoms with van der Waals surface area (Å²) in [5.41, 5.74) is 1.24.